The second kappa shape index (κ2) is 6.91. The lowest BCUT2D eigenvalue weighted by Gasteiger charge is -2.07. The molecule has 0 aliphatic carbocycles. The van der Waals surface area contributed by atoms with Gasteiger partial charge in [0.1, 0.15) is 5.82 Å². The highest BCUT2D eigenvalue weighted by Crippen LogP contribution is 2.15. The van der Waals surface area contributed by atoms with E-state index in [1.807, 2.05) is 0 Å². The predicted molar refractivity (Wildman–Crippen MR) is 87.6 cm³/mol. The van der Waals surface area contributed by atoms with Crippen LogP contribution in [0.15, 0.2) is 47.4 Å². The van der Waals surface area contributed by atoms with E-state index in [1.54, 1.807) is 38.1 Å². The van der Waals surface area contributed by atoms with Crippen LogP contribution in [0, 0.1) is 12.7 Å². The Morgan fingerprint density at radius 1 is 1.13 bits per heavy atom. The van der Waals surface area contributed by atoms with Crippen LogP contribution >= 0.6 is 0 Å². The molecule has 0 atom stereocenters. The summed E-state index contributed by atoms with van der Waals surface area (Å²) in [7, 11) is -3.24. The van der Waals surface area contributed by atoms with Gasteiger partial charge in [0.25, 0.3) is 0 Å². The molecule has 2 aromatic carbocycles. The Morgan fingerprint density at radius 2 is 1.78 bits per heavy atom. The second-order valence-electron chi connectivity index (χ2n) is 5.24. The molecule has 0 aliphatic rings. The van der Waals surface area contributed by atoms with Crippen molar-refractivity contribution in [3.63, 3.8) is 0 Å². The summed E-state index contributed by atoms with van der Waals surface area (Å²) in [6.07, 6.45) is 0.0853. The molecule has 0 saturated heterocycles. The average molecular weight is 335 g/mol. The minimum Gasteiger partial charge on any atom is -0.326 e. The van der Waals surface area contributed by atoms with E-state index in [0.717, 1.165) is 0 Å². The van der Waals surface area contributed by atoms with Crippen LogP contribution in [-0.4, -0.2) is 20.1 Å². The topological polar surface area (TPSA) is 63.2 Å². The third-order valence-electron chi connectivity index (χ3n) is 3.48. The fourth-order valence-corrected chi connectivity index (χ4v) is 2.93. The van der Waals surface area contributed by atoms with Crippen molar-refractivity contribution in [2.75, 3.05) is 11.1 Å². The Labute approximate surface area is 135 Å². The number of halogens is 1. The first-order valence-corrected chi connectivity index (χ1v) is 8.85. The second-order valence-corrected chi connectivity index (χ2v) is 7.51. The quantitative estimate of drug-likeness (QED) is 0.913. The molecule has 0 saturated carbocycles. The standard InChI is InChI=1S/C17H18FNO3S/c1-3-23(21,22)15-8-5-13(6-9-15)10-17(20)19-14-7-4-12(2)16(18)11-14/h4-9,11H,3,10H2,1-2H3,(H,19,20). The highest BCUT2D eigenvalue weighted by atomic mass is 32.2. The Morgan fingerprint density at radius 3 is 2.35 bits per heavy atom. The number of aryl methyl sites for hydroxylation is 1. The van der Waals surface area contributed by atoms with Crippen LogP contribution in [0.3, 0.4) is 0 Å². The van der Waals surface area contributed by atoms with E-state index in [4.69, 9.17) is 0 Å². The predicted octanol–water partition coefficient (Wildman–Crippen LogP) is 3.11. The van der Waals surface area contributed by atoms with Gasteiger partial charge in [-0.25, -0.2) is 12.8 Å². The van der Waals surface area contributed by atoms with E-state index in [9.17, 15) is 17.6 Å². The van der Waals surface area contributed by atoms with Crippen molar-refractivity contribution in [3.8, 4) is 0 Å². The number of carbonyl (C=O) groups excluding carboxylic acids is 1. The summed E-state index contributed by atoms with van der Waals surface area (Å²) in [6, 6.07) is 10.7. The van der Waals surface area contributed by atoms with E-state index >= 15 is 0 Å². The maximum Gasteiger partial charge on any atom is 0.228 e. The zero-order valence-corrected chi connectivity index (χ0v) is 13.8. The van der Waals surface area contributed by atoms with E-state index in [2.05, 4.69) is 5.32 Å². The summed E-state index contributed by atoms with van der Waals surface area (Å²) < 4.78 is 36.9. The van der Waals surface area contributed by atoms with Crippen LogP contribution in [-0.2, 0) is 21.1 Å². The lowest BCUT2D eigenvalue weighted by atomic mass is 10.1. The number of hydrogen-bond donors (Lipinski definition) is 1. The zero-order chi connectivity index (χ0) is 17.0. The summed E-state index contributed by atoms with van der Waals surface area (Å²) in [5.41, 5.74) is 1.59. The molecule has 0 spiro atoms. The Bertz CT molecular complexity index is 814. The third kappa shape index (κ3) is 4.39. The van der Waals surface area contributed by atoms with Gasteiger partial charge in [-0.15, -0.1) is 0 Å². The van der Waals surface area contributed by atoms with Gasteiger partial charge in [-0.05, 0) is 42.3 Å². The van der Waals surface area contributed by atoms with Gasteiger partial charge in [-0.3, -0.25) is 4.79 Å². The number of amides is 1. The van der Waals surface area contributed by atoms with Gasteiger partial charge in [-0.2, -0.15) is 0 Å². The fraction of sp³-hybridized carbons (Fsp3) is 0.235. The lowest BCUT2D eigenvalue weighted by molar-refractivity contribution is -0.115. The summed E-state index contributed by atoms with van der Waals surface area (Å²) >= 11 is 0. The van der Waals surface area contributed by atoms with Crippen LogP contribution in [0.4, 0.5) is 10.1 Å². The molecule has 0 unspecified atom stereocenters. The SMILES string of the molecule is CCS(=O)(=O)c1ccc(CC(=O)Nc2ccc(C)c(F)c2)cc1. The molecule has 122 valence electrons. The zero-order valence-electron chi connectivity index (χ0n) is 13.0. The molecule has 0 aliphatic heterocycles. The third-order valence-corrected chi connectivity index (χ3v) is 5.23. The average Bonchev–Trinajstić information content (AvgIpc) is 2.51. The molecule has 0 bridgehead atoms. The summed E-state index contributed by atoms with van der Waals surface area (Å²) in [6.45, 7) is 3.23. The van der Waals surface area contributed by atoms with Crippen molar-refractivity contribution in [2.24, 2.45) is 0 Å². The first-order valence-electron chi connectivity index (χ1n) is 7.19. The number of sulfone groups is 1. The largest absolute Gasteiger partial charge is 0.326 e. The molecular formula is C17H18FNO3S. The molecule has 1 amide bonds. The van der Waals surface area contributed by atoms with E-state index in [0.29, 0.717) is 16.8 Å². The number of nitrogens with one attached hydrogen (secondary N) is 1. The van der Waals surface area contributed by atoms with E-state index < -0.39 is 9.84 Å². The number of benzene rings is 2. The maximum atomic E-state index is 13.4. The molecule has 6 heteroatoms. The van der Waals surface area contributed by atoms with Gasteiger partial charge >= 0.3 is 0 Å². The summed E-state index contributed by atoms with van der Waals surface area (Å²) in [5.74, 6) is -0.637. The molecule has 2 rings (SSSR count). The van der Waals surface area contributed by atoms with E-state index in [1.165, 1.54) is 18.2 Å². The van der Waals surface area contributed by atoms with Gasteiger partial charge < -0.3 is 5.32 Å². The highest BCUT2D eigenvalue weighted by molar-refractivity contribution is 7.91. The first kappa shape index (κ1) is 17.1. The van der Waals surface area contributed by atoms with Gasteiger partial charge in [-0.1, -0.05) is 25.1 Å². The van der Waals surface area contributed by atoms with Gasteiger partial charge in [0.2, 0.25) is 5.91 Å². The molecular weight excluding hydrogens is 317 g/mol. The summed E-state index contributed by atoms with van der Waals surface area (Å²) in [5, 5.41) is 2.62. The van der Waals surface area contributed by atoms with Crippen molar-refractivity contribution in [3.05, 3.63) is 59.4 Å². The molecule has 4 nitrogen and oxygen atoms in total. The molecule has 23 heavy (non-hydrogen) atoms. The Balaban J connectivity index is 2.04. The monoisotopic (exact) mass is 335 g/mol. The lowest BCUT2D eigenvalue weighted by Crippen LogP contribution is -2.14. The maximum absolute atomic E-state index is 13.4. The molecule has 2 aromatic rings. The van der Waals surface area contributed by atoms with Crippen LogP contribution in [0.1, 0.15) is 18.1 Å². The fourth-order valence-electron chi connectivity index (χ4n) is 2.04. The van der Waals surface area contributed by atoms with Gasteiger partial charge in [0.05, 0.1) is 17.1 Å². The van der Waals surface area contributed by atoms with Gasteiger partial charge in [0.15, 0.2) is 9.84 Å². The molecule has 0 radical (unpaired) electrons. The van der Waals surface area contributed by atoms with Crippen molar-refractivity contribution in [1.82, 2.24) is 0 Å². The van der Waals surface area contributed by atoms with Crippen molar-refractivity contribution in [1.29, 1.82) is 0 Å². The van der Waals surface area contributed by atoms with Crippen molar-refractivity contribution >= 4 is 21.4 Å². The van der Waals surface area contributed by atoms with E-state index in [-0.39, 0.29) is 28.8 Å². The number of carbonyl (C=O) groups is 1. The Kier molecular flexibility index (Phi) is 5.15. The van der Waals surface area contributed by atoms with Crippen molar-refractivity contribution in [2.45, 2.75) is 25.2 Å². The molecule has 1 N–H and O–H groups in total. The number of anilines is 1. The van der Waals surface area contributed by atoms with Gasteiger partial charge in [0, 0.05) is 5.69 Å². The van der Waals surface area contributed by atoms with Crippen LogP contribution < -0.4 is 5.32 Å². The minimum absolute atomic E-state index is 0.0336. The normalized spacial score (nSPS) is 11.3. The number of hydrogen-bond acceptors (Lipinski definition) is 3. The van der Waals surface area contributed by atoms with Crippen LogP contribution in [0.25, 0.3) is 0 Å². The Hall–Kier alpha value is -2.21. The highest BCUT2D eigenvalue weighted by Gasteiger charge is 2.12. The molecule has 0 aromatic heterocycles. The smallest absolute Gasteiger partial charge is 0.228 e. The minimum atomic E-state index is -3.24. The number of rotatable bonds is 5. The molecule has 0 heterocycles. The first-order chi connectivity index (χ1) is 10.8. The van der Waals surface area contributed by atoms with Crippen molar-refractivity contribution < 1.29 is 17.6 Å². The van der Waals surface area contributed by atoms with Crippen LogP contribution in [0.5, 0.6) is 0 Å². The van der Waals surface area contributed by atoms with Crippen LogP contribution in [0.2, 0.25) is 0 Å². The summed E-state index contributed by atoms with van der Waals surface area (Å²) in [4.78, 5) is 12.2. The molecule has 0 fully saturated rings.